The average Bonchev–Trinajstić information content (AvgIpc) is 2.47. The number of methoxy groups -OCH3 is 2. The normalized spacial score (nSPS) is 9.60. The number of ether oxygens (including phenoxy) is 2. The van der Waals surface area contributed by atoms with Crippen molar-refractivity contribution >= 4 is 31.9 Å². The quantitative estimate of drug-likeness (QED) is 0.690. The lowest BCUT2D eigenvalue weighted by Crippen LogP contribution is -1.92. The Morgan fingerprint density at radius 1 is 0.800 bits per heavy atom. The summed E-state index contributed by atoms with van der Waals surface area (Å²) in [6, 6.07) is 11.6. The molecule has 0 saturated heterocycles. The second kappa shape index (κ2) is 6.83. The molecular formula is C16H12Br2O2. The topological polar surface area (TPSA) is 18.5 Å². The van der Waals surface area contributed by atoms with Crippen molar-refractivity contribution in [1.82, 2.24) is 0 Å². The Kier molecular flexibility index (Phi) is 5.11. The van der Waals surface area contributed by atoms with Gasteiger partial charge in [0.05, 0.1) is 14.2 Å². The van der Waals surface area contributed by atoms with Crippen LogP contribution in [-0.2, 0) is 0 Å². The van der Waals surface area contributed by atoms with Crippen molar-refractivity contribution in [1.29, 1.82) is 0 Å². The van der Waals surface area contributed by atoms with Crippen molar-refractivity contribution < 1.29 is 9.47 Å². The van der Waals surface area contributed by atoms with Crippen LogP contribution in [0, 0.1) is 11.8 Å². The van der Waals surface area contributed by atoms with Crippen molar-refractivity contribution in [2.45, 2.75) is 0 Å². The fourth-order valence-electron chi connectivity index (χ4n) is 1.65. The fourth-order valence-corrected chi connectivity index (χ4v) is 2.45. The van der Waals surface area contributed by atoms with E-state index in [-0.39, 0.29) is 0 Å². The van der Waals surface area contributed by atoms with E-state index in [1.165, 1.54) is 0 Å². The molecular weight excluding hydrogens is 384 g/mol. The minimum atomic E-state index is 0.659. The van der Waals surface area contributed by atoms with Crippen LogP contribution in [-0.4, -0.2) is 14.2 Å². The van der Waals surface area contributed by atoms with Gasteiger partial charge >= 0.3 is 0 Å². The third-order valence-corrected chi connectivity index (χ3v) is 4.03. The zero-order valence-corrected chi connectivity index (χ0v) is 14.2. The Bertz CT molecular complexity index is 685. The van der Waals surface area contributed by atoms with Gasteiger partial charge in [-0.05, 0) is 50.1 Å². The first-order chi connectivity index (χ1) is 9.65. The summed E-state index contributed by atoms with van der Waals surface area (Å²) in [4.78, 5) is 0. The molecule has 2 nitrogen and oxygen atoms in total. The fraction of sp³-hybridized carbons (Fsp3) is 0.125. The van der Waals surface area contributed by atoms with Gasteiger partial charge in [-0.1, -0.05) is 24.0 Å². The molecule has 0 aliphatic heterocycles. The first-order valence-corrected chi connectivity index (χ1v) is 7.42. The standard InChI is InChI=1S/C16H12Br2O2/c1-19-15-9-12(14(18)10-16(15)20-2)8-7-11-5-3-4-6-13(11)17/h3-6,9-10H,1-2H3. The minimum Gasteiger partial charge on any atom is -0.493 e. The number of benzene rings is 2. The first kappa shape index (κ1) is 15.0. The molecule has 0 aromatic heterocycles. The van der Waals surface area contributed by atoms with Crippen LogP contribution < -0.4 is 9.47 Å². The monoisotopic (exact) mass is 394 g/mol. The summed E-state index contributed by atoms with van der Waals surface area (Å²) in [6.07, 6.45) is 0. The van der Waals surface area contributed by atoms with Crippen LogP contribution in [0.3, 0.4) is 0 Å². The van der Waals surface area contributed by atoms with Crippen LogP contribution in [0.15, 0.2) is 45.3 Å². The highest BCUT2D eigenvalue weighted by Gasteiger charge is 2.07. The van der Waals surface area contributed by atoms with E-state index in [4.69, 9.17) is 9.47 Å². The van der Waals surface area contributed by atoms with Gasteiger partial charge in [0.2, 0.25) is 0 Å². The largest absolute Gasteiger partial charge is 0.493 e. The van der Waals surface area contributed by atoms with Gasteiger partial charge in [0.25, 0.3) is 0 Å². The first-order valence-electron chi connectivity index (χ1n) is 5.83. The Morgan fingerprint density at radius 2 is 1.40 bits per heavy atom. The summed E-state index contributed by atoms with van der Waals surface area (Å²) in [5, 5.41) is 0. The van der Waals surface area contributed by atoms with Gasteiger partial charge in [-0.3, -0.25) is 0 Å². The number of halogens is 2. The molecule has 0 N–H and O–H groups in total. The summed E-state index contributed by atoms with van der Waals surface area (Å²) in [5.74, 6) is 7.60. The molecule has 0 atom stereocenters. The van der Waals surface area contributed by atoms with Crippen LogP contribution in [0.4, 0.5) is 0 Å². The maximum atomic E-state index is 5.28. The summed E-state index contributed by atoms with van der Waals surface area (Å²) < 4.78 is 12.4. The molecule has 0 unspecified atom stereocenters. The van der Waals surface area contributed by atoms with Crippen LogP contribution >= 0.6 is 31.9 Å². The molecule has 0 aliphatic carbocycles. The molecule has 0 radical (unpaired) electrons. The Morgan fingerprint density at radius 3 is 2.05 bits per heavy atom. The lowest BCUT2D eigenvalue weighted by molar-refractivity contribution is 0.354. The molecule has 102 valence electrons. The zero-order chi connectivity index (χ0) is 14.5. The van der Waals surface area contributed by atoms with Gasteiger partial charge in [-0.2, -0.15) is 0 Å². The van der Waals surface area contributed by atoms with Crippen molar-refractivity contribution in [3.63, 3.8) is 0 Å². The summed E-state index contributed by atoms with van der Waals surface area (Å²) in [6.45, 7) is 0. The van der Waals surface area contributed by atoms with Crippen molar-refractivity contribution in [3.05, 3.63) is 56.5 Å². The van der Waals surface area contributed by atoms with E-state index >= 15 is 0 Å². The third kappa shape index (κ3) is 3.36. The molecule has 0 bridgehead atoms. The predicted octanol–water partition coefficient (Wildman–Crippen LogP) is 4.63. The third-order valence-electron chi connectivity index (χ3n) is 2.68. The highest BCUT2D eigenvalue weighted by atomic mass is 79.9. The van der Waals surface area contributed by atoms with E-state index in [1.54, 1.807) is 14.2 Å². The summed E-state index contributed by atoms with van der Waals surface area (Å²) in [5.41, 5.74) is 1.78. The Hall–Kier alpha value is -1.44. The minimum absolute atomic E-state index is 0.659. The van der Waals surface area contributed by atoms with Gasteiger partial charge in [0.15, 0.2) is 11.5 Å². The Balaban J connectivity index is 2.43. The van der Waals surface area contributed by atoms with E-state index in [0.29, 0.717) is 11.5 Å². The maximum absolute atomic E-state index is 5.28. The second-order valence-corrected chi connectivity index (χ2v) is 5.63. The van der Waals surface area contributed by atoms with Crippen LogP contribution in [0.1, 0.15) is 11.1 Å². The van der Waals surface area contributed by atoms with Crippen LogP contribution in [0.25, 0.3) is 0 Å². The molecule has 0 amide bonds. The molecule has 4 heteroatoms. The molecule has 0 aliphatic rings. The van der Waals surface area contributed by atoms with E-state index in [2.05, 4.69) is 43.7 Å². The van der Waals surface area contributed by atoms with Crippen molar-refractivity contribution in [2.75, 3.05) is 14.2 Å². The predicted molar refractivity (Wildman–Crippen MR) is 87.4 cm³/mol. The highest BCUT2D eigenvalue weighted by Crippen LogP contribution is 2.32. The lowest BCUT2D eigenvalue weighted by atomic mass is 10.1. The van der Waals surface area contributed by atoms with Crippen molar-refractivity contribution in [3.8, 4) is 23.3 Å². The smallest absolute Gasteiger partial charge is 0.162 e. The van der Waals surface area contributed by atoms with E-state index in [0.717, 1.165) is 20.1 Å². The molecule has 2 aromatic carbocycles. The van der Waals surface area contributed by atoms with Gasteiger partial charge in [-0.25, -0.2) is 0 Å². The molecule has 2 rings (SSSR count). The van der Waals surface area contributed by atoms with Gasteiger partial charge in [0.1, 0.15) is 0 Å². The van der Waals surface area contributed by atoms with E-state index in [9.17, 15) is 0 Å². The van der Waals surface area contributed by atoms with E-state index < -0.39 is 0 Å². The van der Waals surface area contributed by atoms with Gasteiger partial charge < -0.3 is 9.47 Å². The lowest BCUT2D eigenvalue weighted by Gasteiger charge is -2.08. The molecule has 0 spiro atoms. The number of hydrogen-bond acceptors (Lipinski definition) is 2. The summed E-state index contributed by atoms with van der Waals surface area (Å²) in [7, 11) is 3.22. The van der Waals surface area contributed by atoms with Gasteiger partial charge in [-0.15, -0.1) is 0 Å². The average molecular weight is 396 g/mol. The van der Waals surface area contributed by atoms with Crippen LogP contribution in [0.5, 0.6) is 11.5 Å². The van der Waals surface area contributed by atoms with Crippen molar-refractivity contribution in [2.24, 2.45) is 0 Å². The Labute approximate surface area is 135 Å². The number of rotatable bonds is 2. The molecule has 2 aromatic rings. The van der Waals surface area contributed by atoms with E-state index in [1.807, 2.05) is 36.4 Å². The molecule has 20 heavy (non-hydrogen) atoms. The zero-order valence-electron chi connectivity index (χ0n) is 11.0. The summed E-state index contributed by atoms with van der Waals surface area (Å²) >= 11 is 6.97. The van der Waals surface area contributed by atoms with Crippen LogP contribution in [0.2, 0.25) is 0 Å². The second-order valence-electron chi connectivity index (χ2n) is 3.92. The molecule has 0 saturated carbocycles. The van der Waals surface area contributed by atoms with Gasteiger partial charge in [0, 0.05) is 26.1 Å². The maximum Gasteiger partial charge on any atom is 0.162 e. The highest BCUT2D eigenvalue weighted by molar-refractivity contribution is 9.10. The molecule has 0 fully saturated rings. The molecule has 0 heterocycles. The number of hydrogen-bond donors (Lipinski definition) is 0. The SMILES string of the molecule is COc1cc(Br)c(C#Cc2ccccc2Br)cc1OC.